The molecule has 0 atom stereocenters. The van der Waals surface area contributed by atoms with E-state index in [0.29, 0.717) is 12.5 Å². The first-order chi connectivity index (χ1) is 8.47. The summed E-state index contributed by atoms with van der Waals surface area (Å²) in [5.41, 5.74) is -0.0687. The van der Waals surface area contributed by atoms with E-state index in [1.165, 1.54) is 16.7 Å². The summed E-state index contributed by atoms with van der Waals surface area (Å²) >= 11 is 0. The Hall–Kier alpha value is -1.40. The van der Waals surface area contributed by atoms with Gasteiger partial charge in [-0.15, -0.1) is 0 Å². The standard InChI is InChI=1S/C12H19N3O2Si/c1-18(2,3)9-8-17-10-14-6-7-15-11(16)4-5-13-12(14)15/h4-7H,8-10H2,1-3H3. The Balaban J connectivity index is 2.01. The van der Waals surface area contributed by atoms with E-state index in [1.807, 2.05) is 10.8 Å². The minimum Gasteiger partial charge on any atom is -0.361 e. The number of hydrogen-bond acceptors (Lipinski definition) is 3. The summed E-state index contributed by atoms with van der Waals surface area (Å²) < 4.78 is 9.00. The number of imidazole rings is 1. The Morgan fingerprint density at radius 3 is 2.83 bits per heavy atom. The second-order valence-corrected chi connectivity index (χ2v) is 11.2. The predicted molar refractivity (Wildman–Crippen MR) is 73.6 cm³/mol. The van der Waals surface area contributed by atoms with Gasteiger partial charge in [0.15, 0.2) is 0 Å². The third kappa shape index (κ3) is 3.08. The third-order valence-electron chi connectivity index (χ3n) is 2.74. The first kappa shape index (κ1) is 13.0. The van der Waals surface area contributed by atoms with Crippen LogP contribution < -0.4 is 5.56 Å². The van der Waals surface area contributed by atoms with E-state index in [1.54, 1.807) is 6.20 Å². The van der Waals surface area contributed by atoms with Crippen molar-refractivity contribution in [2.75, 3.05) is 6.61 Å². The number of rotatable bonds is 5. The highest BCUT2D eigenvalue weighted by Crippen LogP contribution is 2.08. The molecule has 0 aliphatic rings. The summed E-state index contributed by atoms with van der Waals surface area (Å²) in [6.45, 7) is 8.17. The lowest BCUT2D eigenvalue weighted by Crippen LogP contribution is -2.22. The molecule has 0 fully saturated rings. The van der Waals surface area contributed by atoms with Crippen LogP contribution in [0, 0.1) is 0 Å². The molecule has 0 aliphatic carbocycles. The highest BCUT2D eigenvalue weighted by Gasteiger charge is 2.12. The first-order valence-corrected chi connectivity index (χ1v) is 9.78. The molecular weight excluding hydrogens is 246 g/mol. The molecule has 0 spiro atoms. The van der Waals surface area contributed by atoms with E-state index < -0.39 is 8.07 Å². The van der Waals surface area contributed by atoms with Crippen LogP contribution in [0.5, 0.6) is 0 Å². The molecule has 0 aliphatic heterocycles. The van der Waals surface area contributed by atoms with Crippen LogP contribution in [0.15, 0.2) is 29.5 Å². The van der Waals surface area contributed by atoms with Crippen molar-refractivity contribution in [1.82, 2.24) is 14.0 Å². The molecule has 2 aromatic rings. The fourth-order valence-corrected chi connectivity index (χ4v) is 2.37. The molecule has 0 saturated carbocycles. The second-order valence-electron chi connectivity index (χ2n) is 5.57. The van der Waals surface area contributed by atoms with Crippen LogP contribution in [0.2, 0.25) is 25.7 Å². The molecule has 0 amide bonds. The Bertz CT molecular complexity index is 583. The predicted octanol–water partition coefficient (Wildman–Crippen LogP) is 1.81. The van der Waals surface area contributed by atoms with Crippen molar-refractivity contribution in [3.8, 4) is 0 Å². The zero-order chi connectivity index (χ0) is 13.2. The molecule has 0 unspecified atom stereocenters. The second kappa shape index (κ2) is 5.07. The van der Waals surface area contributed by atoms with Gasteiger partial charge in [-0.25, -0.2) is 4.98 Å². The molecule has 6 heteroatoms. The van der Waals surface area contributed by atoms with Crippen LogP contribution in [0.4, 0.5) is 0 Å². The van der Waals surface area contributed by atoms with Crippen molar-refractivity contribution >= 4 is 13.9 Å². The summed E-state index contributed by atoms with van der Waals surface area (Å²) in [6, 6.07) is 2.59. The van der Waals surface area contributed by atoms with E-state index in [-0.39, 0.29) is 5.56 Å². The van der Waals surface area contributed by atoms with Crippen LogP contribution in [-0.2, 0) is 11.5 Å². The molecule has 0 radical (unpaired) electrons. The van der Waals surface area contributed by atoms with Crippen LogP contribution in [0.25, 0.3) is 5.78 Å². The van der Waals surface area contributed by atoms with Crippen molar-refractivity contribution in [2.24, 2.45) is 0 Å². The summed E-state index contributed by atoms with van der Waals surface area (Å²) in [5, 5.41) is 0. The van der Waals surface area contributed by atoms with Gasteiger partial charge in [0, 0.05) is 39.3 Å². The number of fused-ring (bicyclic) bond motifs is 1. The molecule has 5 nitrogen and oxygen atoms in total. The summed E-state index contributed by atoms with van der Waals surface area (Å²) in [6.07, 6.45) is 5.06. The van der Waals surface area contributed by atoms with Crippen LogP contribution in [-0.4, -0.2) is 28.6 Å². The van der Waals surface area contributed by atoms with Crippen LogP contribution >= 0.6 is 0 Å². The number of hydrogen-bond donors (Lipinski definition) is 0. The lowest BCUT2D eigenvalue weighted by Gasteiger charge is -2.15. The summed E-state index contributed by atoms with van der Waals surface area (Å²) in [4.78, 5) is 15.7. The minimum absolute atomic E-state index is 0.0687. The maximum atomic E-state index is 11.5. The first-order valence-electron chi connectivity index (χ1n) is 6.08. The highest BCUT2D eigenvalue weighted by molar-refractivity contribution is 6.76. The van der Waals surface area contributed by atoms with E-state index >= 15 is 0 Å². The van der Waals surface area contributed by atoms with Crippen molar-refractivity contribution in [3.63, 3.8) is 0 Å². The Morgan fingerprint density at radius 1 is 1.33 bits per heavy atom. The fraction of sp³-hybridized carbons (Fsp3) is 0.500. The van der Waals surface area contributed by atoms with Gasteiger partial charge >= 0.3 is 0 Å². The Labute approximate surface area is 107 Å². The monoisotopic (exact) mass is 265 g/mol. The molecule has 2 heterocycles. The van der Waals surface area contributed by atoms with Gasteiger partial charge in [-0.2, -0.15) is 0 Å². The minimum atomic E-state index is -1.05. The van der Waals surface area contributed by atoms with Crippen molar-refractivity contribution in [3.05, 3.63) is 35.0 Å². The molecule has 2 rings (SSSR count). The van der Waals surface area contributed by atoms with Gasteiger partial charge in [0.2, 0.25) is 5.78 Å². The molecule has 2 aromatic heterocycles. The molecule has 98 valence electrons. The van der Waals surface area contributed by atoms with Gasteiger partial charge in [-0.05, 0) is 6.04 Å². The summed E-state index contributed by atoms with van der Waals surface area (Å²) in [5.74, 6) is 0.621. The van der Waals surface area contributed by atoms with Crippen LogP contribution in [0.3, 0.4) is 0 Å². The number of ether oxygens (including phenoxy) is 1. The van der Waals surface area contributed by atoms with Crippen molar-refractivity contribution in [2.45, 2.75) is 32.4 Å². The van der Waals surface area contributed by atoms with Gasteiger partial charge in [-0.1, -0.05) is 19.6 Å². The highest BCUT2D eigenvalue weighted by atomic mass is 28.3. The average Bonchev–Trinajstić information content (AvgIpc) is 2.68. The average molecular weight is 265 g/mol. The van der Waals surface area contributed by atoms with Crippen molar-refractivity contribution in [1.29, 1.82) is 0 Å². The fourth-order valence-electron chi connectivity index (χ4n) is 1.62. The van der Waals surface area contributed by atoms with Gasteiger partial charge < -0.3 is 4.74 Å². The molecule has 0 N–H and O–H groups in total. The zero-order valence-electron chi connectivity index (χ0n) is 11.1. The smallest absolute Gasteiger partial charge is 0.258 e. The quantitative estimate of drug-likeness (QED) is 0.612. The van der Waals surface area contributed by atoms with Gasteiger partial charge in [0.1, 0.15) is 6.73 Å². The Morgan fingerprint density at radius 2 is 2.11 bits per heavy atom. The zero-order valence-corrected chi connectivity index (χ0v) is 12.1. The SMILES string of the molecule is C[Si](C)(C)CCOCn1ccn2c(=O)ccnc12. The third-order valence-corrected chi connectivity index (χ3v) is 4.44. The lowest BCUT2D eigenvalue weighted by molar-refractivity contribution is 0.0895. The lowest BCUT2D eigenvalue weighted by atomic mass is 10.6. The van der Waals surface area contributed by atoms with Gasteiger partial charge in [-0.3, -0.25) is 13.8 Å². The number of nitrogens with zero attached hydrogens (tertiary/aromatic N) is 3. The molecule has 0 bridgehead atoms. The molecule has 0 aromatic carbocycles. The van der Waals surface area contributed by atoms with E-state index in [4.69, 9.17) is 4.74 Å². The normalized spacial score (nSPS) is 12.2. The van der Waals surface area contributed by atoms with E-state index in [0.717, 1.165) is 12.7 Å². The molecular formula is C12H19N3O2Si. The largest absolute Gasteiger partial charge is 0.361 e. The number of aromatic nitrogens is 3. The van der Waals surface area contributed by atoms with Crippen LogP contribution in [0.1, 0.15) is 0 Å². The van der Waals surface area contributed by atoms with E-state index in [2.05, 4.69) is 24.6 Å². The maximum Gasteiger partial charge on any atom is 0.258 e. The van der Waals surface area contributed by atoms with Gasteiger partial charge in [0.05, 0.1) is 0 Å². The van der Waals surface area contributed by atoms with Crippen molar-refractivity contribution < 1.29 is 4.74 Å². The van der Waals surface area contributed by atoms with Gasteiger partial charge in [0.25, 0.3) is 5.56 Å². The topological polar surface area (TPSA) is 48.5 Å². The van der Waals surface area contributed by atoms with E-state index in [9.17, 15) is 4.79 Å². The summed E-state index contributed by atoms with van der Waals surface area (Å²) in [7, 11) is -1.05. The maximum absolute atomic E-state index is 11.5. The molecule has 0 saturated heterocycles. The Kier molecular flexibility index (Phi) is 3.67. The molecule has 18 heavy (non-hydrogen) atoms.